The van der Waals surface area contributed by atoms with Crippen LogP contribution in [0.2, 0.25) is 0 Å². The Morgan fingerprint density at radius 1 is 1.24 bits per heavy atom. The number of anilines is 1. The number of nitrogens with zero attached hydrogens (tertiary/aromatic N) is 1. The van der Waals surface area contributed by atoms with E-state index in [0.717, 1.165) is 12.0 Å². The number of hydrogen-bond donors (Lipinski definition) is 3. The first kappa shape index (κ1) is 19.6. The molecule has 1 spiro atoms. The topological polar surface area (TPSA) is 122 Å². The van der Waals surface area contributed by atoms with Gasteiger partial charge in [0.2, 0.25) is 23.6 Å². The van der Waals surface area contributed by atoms with Gasteiger partial charge in [-0.1, -0.05) is 26.0 Å². The number of benzene rings is 1. The number of imide groups is 1. The van der Waals surface area contributed by atoms with E-state index in [1.807, 2.05) is 39.0 Å². The van der Waals surface area contributed by atoms with E-state index in [4.69, 9.17) is 5.73 Å². The molecular formula is C21H26N4O4. The van der Waals surface area contributed by atoms with Gasteiger partial charge in [-0.05, 0) is 31.4 Å². The molecule has 3 aliphatic rings. The summed E-state index contributed by atoms with van der Waals surface area (Å²) in [7, 11) is 0. The summed E-state index contributed by atoms with van der Waals surface area (Å²) in [5.41, 5.74) is 6.36. The average Bonchev–Trinajstić information content (AvgIpc) is 3.25. The van der Waals surface area contributed by atoms with Crippen molar-refractivity contribution in [2.24, 2.45) is 17.6 Å². The molecule has 1 aromatic rings. The van der Waals surface area contributed by atoms with Crippen molar-refractivity contribution in [1.29, 1.82) is 0 Å². The van der Waals surface area contributed by atoms with Crippen molar-refractivity contribution in [2.75, 3.05) is 5.32 Å². The van der Waals surface area contributed by atoms with E-state index in [9.17, 15) is 19.2 Å². The van der Waals surface area contributed by atoms with Crippen molar-refractivity contribution in [3.8, 4) is 0 Å². The molecule has 2 fully saturated rings. The minimum Gasteiger partial charge on any atom is -0.370 e. The molecule has 1 aromatic carbocycles. The van der Waals surface area contributed by atoms with E-state index in [1.54, 1.807) is 0 Å². The average molecular weight is 398 g/mol. The molecule has 2 saturated heterocycles. The molecule has 0 bridgehead atoms. The second-order valence-electron chi connectivity index (χ2n) is 8.22. The van der Waals surface area contributed by atoms with Gasteiger partial charge in [0.05, 0.1) is 11.8 Å². The summed E-state index contributed by atoms with van der Waals surface area (Å²) in [6.07, 6.45) is 1.26. The van der Waals surface area contributed by atoms with Crippen LogP contribution in [0.15, 0.2) is 18.2 Å². The van der Waals surface area contributed by atoms with Crippen molar-refractivity contribution in [1.82, 2.24) is 10.2 Å². The van der Waals surface area contributed by atoms with Crippen LogP contribution >= 0.6 is 0 Å². The zero-order chi connectivity index (χ0) is 21.1. The highest BCUT2D eigenvalue weighted by molar-refractivity contribution is 6.15. The minimum absolute atomic E-state index is 0.119. The molecule has 8 heteroatoms. The highest BCUT2D eigenvalue weighted by Gasteiger charge is 2.70. The van der Waals surface area contributed by atoms with E-state index >= 15 is 0 Å². The number of nitrogens with one attached hydrogen (secondary N) is 2. The third kappa shape index (κ3) is 2.55. The maximum absolute atomic E-state index is 13.5. The summed E-state index contributed by atoms with van der Waals surface area (Å²) in [6.45, 7) is 5.73. The van der Waals surface area contributed by atoms with Crippen LogP contribution in [0.25, 0.3) is 0 Å². The third-order valence-corrected chi connectivity index (χ3v) is 6.67. The lowest BCUT2D eigenvalue weighted by molar-refractivity contribution is -0.145. The number of nitrogens with two attached hydrogens (primary N) is 1. The number of amides is 4. The Morgan fingerprint density at radius 3 is 2.59 bits per heavy atom. The molecule has 4 amide bonds. The Labute approximate surface area is 169 Å². The first-order chi connectivity index (χ1) is 13.8. The van der Waals surface area contributed by atoms with Gasteiger partial charge in [0.25, 0.3) is 0 Å². The lowest BCUT2D eigenvalue weighted by Crippen LogP contribution is -2.54. The van der Waals surface area contributed by atoms with Crippen molar-refractivity contribution < 1.29 is 19.2 Å². The number of carbonyl (C=O) groups excluding carboxylic acids is 4. The van der Waals surface area contributed by atoms with Gasteiger partial charge in [0, 0.05) is 29.8 Å². The molecule has 0 aromatic heterocycles. The number of carbonyl (C=O) groups is 4. The van der Waals surface area contributed by atoms with E-state index < -0.39 is 29.3 Å². The number of rotatable bonds is 5. The van der Waals surface area contributed by atoms with Crippen LogP contribution in [0, 0.1) is 11.8 Å². The number of primary amides is 1. The summed E-state index contributed by atoms with van der Waals surface area (Å²) in [6, 6.07) is 4.71. The van der Waals surface area contributed by atoms with Crippen molar-refractivity contribution in [3.63, 3.8) is 0 Å². The van der Waals surface area contributed by atoms with Gasteiger partial charge in [0.15, 0.2) is 0 Å². The normalized spacial score (nSPS) is 31.2. The molecule has 0 saturated carbocycles. The standard InChI is InChI=1S/C21H26N4O4/c1-4-10(3)25-18(27)16-14(9-15(22)26)24-21(17(16)19(25)28)12-8-11(5-2)6-7-13(12)23-20(21)29/h6-8,10,14,16-17,24H,4-5,9H2,1-3H3,(H2,22,26)(H,23,29). The highest BCUT2D eigenvalue weighted by Crippen LogP contribution is 2.53. The van der Waals surface area contributed by atoms with Gasteiger partial charge >= 0.3 is 0 Å². The summed E-state index contributed by atoms with van der Waals surface area (Å²) in [5, 5.41) is 6.08. The van der Waals surface area contributed by atoms with Crippen LogP contribution in [0.5, 0.6) is 0 Å². The largest absolute Gasteiger partial charge is 0.370 e. The fourth-order valence-electron chi connectivity index (χ4n) is 5.10. The maximum atomic E-state index is 13.5. The molecule has 154 valence electrons. The summed E-state index contributed by atoms with van der Waals surface area (Å²) in [5.74, 6) is -3.35. The van der Waals surface area contributed by atoms with E-state index in [2.05, 4.69) is 10.6 Å². The zero-order valence-corrected chi connectivity index (χ0v) is 16.8. The lowest BCUT2D eigenvalue weighted by Gasteiger charge is -2.31. The van der Waals surface area contributed by atoms with Crippen LogP contribution in [0.1, 0.15) is 44.7 Å². The Kier molecular flexibility index (Phi) is 4.49. The summed E-state index contributed by atoms with van der Waals surface area (Å²) in [4.78, 5) is 53.0. The number of aryl methyl sites for hydroxylation is 1. The molecular weight excluding hydrogens is 372 g/mol. The van der Waals surface area contributed by atoms with Gasteiger partial charge < -0.3 is 11.1 Å². The van der Waals surface area contributed by atoms with Crippen LogP contribution in [0.4, 0.5) is 5.69 Å². The molecule has 5 atom stereocenters. The number of fused-ring (bicyclic) bond motifs is 4. The van der Waals surface area contributed by atoms with Crippen LogP contribution < -0.4 is 16.4 Å². The van der Waals surface area contributed by atoms with Gasteiger partial charge in [0.1, 0.15) is 5.54 Å². The molecule has 8 nitrogen and oxygen atoms in total. The fraction of sp³-hybridized carbons (Fsp3) is 0.524. The Morgan fingerprint density at radius 2 is 1.97 bits per heavy atom. The van der Waals surface area contributed by atoms with Crippen LogP contribution in [-0.2, 0) is 31.1 Å². The first-order valence-electron chi connectivity index (χ1n) is 10.1. The Bertz CT molecular complexity index is 929. The van der Waals surface area contributed by atoms with E-state index in [-0.39, 0.29) is 30.2 Å². The predicted molar refractivity (Wildman–Crippen MR) is 105 cm³/mol. The zero-order valence-electron chi connectivity index (χ0n) is 16.8. The highest BCUT2D eigenvalue weighted by atomic mass is 16.2. The number of hydrogen-bond acceptors (Lipinski definition) is 5. The molecule has 29 heavy (non-hydrogen) atoms. The molecule has 4 rings (SSSR count). The Hall–Kier alpha value is -2.74. The molecule has 5 unspecified atom stereocenters. The molecule has 4 N–H and O–H groups in total. The second-order valence-corrected chi connectivity index (χ2v) is 8.22. The van der Waals surface area contributed by atoms with Crippen LogP contribution in [0.3, 0.4) is 0 Å². The fourth-order valence-corrected chi connectivity index (χ4v) is 5.10. The van der Waals surface area contributed by atoms with E-state index in [0.29, 0.717) is 17.7 Å². The SMILES string of the molecule is CCc1ccc2c(c1)C1(NC(CC(N)=O)C3C(=O)N(C(C)CC)C(=O)C31)C(=O)N2. The summed E-state index contributed by atoms with van der Waals surface area (Å²) >= 11 is 0. The third-order valence-electron chi connectivity index (χ3n) is 6.67. The Balaban J connectivity index is 1.89. The summed E-state index contributed by atoms with van der Waals surface area (Å²) < 4.78 is 0. The van der Waals surface area contributed by atoms with Crippen molar-refractivity contribution in [3.05, 3.63) is 29.3 Å². The van der Waals surface area contributed by atoms with Crippen LogP contribution in [-0.4, -0.2) is 40.6 Å². The quantitative estimate of drug-likeness (QED) is 0.629. The van der Waals surface area contributed by atoms with Gasteiger partial charge in [-0.2, -0.15) is 0 Å². The second kappa shape index (κ2) is 6.66. The van der Waals surface area contributed by atoms with Gasteiger partial charge in [-0.25, -0.2) is 0 Å². The van der Waals surface area contributed by atoms with Crippen molar-refractivity contribution in [2.45, 2.75) is 57.7 Å². The van der Waals surface area contributed by atoms with E-state index in [1.165, 1.54) is 4.90 Å². The van der Waals surface area contributed by atoms with Gasteiger partial charge in [-0.3, -0.25) is 29.4 Å². The molecule has 3 heterocycles. The first-order valence-corrected chi connectivity index (χ1v) is 10.1. The maximum Gasteiger partial charge on any atom is 0.250 e. The lowest BCUT2D eigenvalue weighted by atomic mass is 9.76. The predicted octanol–water partition coefficient (Wildman–Crippen LogP) is 0.643. The monoisotopic (exact) mass is 398 g/mol. The molecule has 0 aliphatic carbocycles. The molecule has 3 aliphatic heterocycles. The van der Waals surface area contributed by atoms with Gasteiger partial charge in [-0.15, -0.1) is 0 Å². The minimum atomic E-state index is -1.37. The smallest absolute Gasteiger partial charge is 0.250 e. The van der Waals surface area contributed by atoms with Crippen molar-refractivity contribution >= 4 is 29.3 Å². The molecule has 0 radical (unpaired) electrons. The number of likely N-dealkylation sites (tertiary alicyclic amines) is 1.